The number of benzene rings is 1. The molecule has 1 unspecified atom stereocenters. The van der Waals surface area contributed by atoms with Crippen molar-refractivity contribution in [3.05, 3.63) is 35.6 Å². The maximum atomic E-state index is 12.7. The van der Waals surface area contributed by atoms with Gasteiger partial charge in [-0.25, -0.2) is 9.38 Å². The van der Waals surface area contributed by atoms with E-state index in [2.05, 4.69) is 11.9 Å². The van der Waals surface area contributed by atoms with Gasteiger partial charge < -0.3 is 4.74 Å². The number of aryl methyl sites for hydroxylation is 1. The van der Waals surface area contributed by atoms with Crippen LogP contribution in [0.2, 0.25) is 0 Å². The fraction of sp³-hybridized carbons (Fsp3) is 0.417. The van der Waals surface area contributed by atoms with E-state index >= 15 is 0 Å². The second-order valence-electron chi connectivity index (χ2n) is 4.17. The Bertz CT molecular complexity index is 360. The largest absolute Gasteiger partial charge is 0.481 e. The number of hydrogen-bond donors (Lipinski definition) is 0. The van der Waals surface area contributed by atoms with Crippen molar-refractivity contribution in [1.29, 1.82) is 0 Å². The molecular formula is C12H14FNO. The predicted molar refractivity (Wildman–Crippen MR) is 57.6 cm³/mol. The SMILES string of the molecule is CC1(CCc2ccc(F)cc2)COC=N1. The summed E-state index contributed by atoms with van der Waals surface area (Å²) in [6.07, 6.45) is 3.34. The van der Waals surface area contributed by atoms with Crippen molar-refractivity contribution >= 4 is 6.40 Å². The van der Waals surface area contributed by atoms with Crippen LogP contribution in [0.4, 0.5) is 4.39 Å². The highest BCUT2D eigenvalue weighted by Gasteiger charge is 2.26. The van der Waals surface area contributed by atoms with Gasteiger partial charge in [-0.3, -0.25) is 0 Å². The van der Waals surface area contributed by atoms with Crippen molar-refractivity contribution in [2.45, 2.75) is 25.3 Å². The molecular weight excluding hydrogens is 193 g/mol. The Morgan fingerprint density at radius 2 is 2.13 bits per heavy atom. The molecule has 2 rings (SSSR count). The molecule has 2 nitrogen and oxygen atoms in total. The molecule has 0 N–H and O–H groups in total. The molecule has 0 radical (unpaired) electrons. The third kappa shape index (κ3) is 2.55. The number of aliphatic imine (C=N–C) groups is 1. The normalized spacial score (nSPS) is 24.1. The molecule has 1 aliphatic rings. The molecule has 0 amide bonds. The maximum absolute atomic E-state index is 12.7. The minimum Gasteiger partial charge on any atom is -0.481 e. The van der Waals surface area contributed by atoms with Gasteiger partial charge in [-0.05, 0) is 37.5 Å². The van der Waals surface area contributed by atoms with Gasteiger partial charge in [0.05, 0.1) is 5.54 Å². The standard InChI is InChI=1S/C12H14FNO/c1-12(8-15-9-14-12)7-6-10-2-4-11(13)5-3-10/h2-5,9H,6-8H2,1H3. The zero-order valence-electron chi connectivity index (χ0n) is 8.74. The van der Waals surface area contributed by atoms with E-state index < -0.39 is 0 Å². The maximum Gasteiger partial charge on any atom is 0.170 e. The van der Waals surface area contributed by atoms with Gasteiger partial charge >= 0.3 is 0 Å². The van der Waals surface area contributed by atoms with Gasteiger partial charge in [0.15, 0.2) is 6.40 Å². The summed E-state index contributed by atoms with van der Waals surface area (Å²) in [4.78, 5) is 4.28. The quantitative estimate of drug-likeness (QED) is 0.746. The van der Waals surface area contributed by atoms with Gasteiger partial charge in [0.1, 0.15) is 12.4 Å². The topological polar surface area (TPSA) is 21.6 Å². The van der Waals surface area contributed by atoms with Gasteiger partial charge in [0.2, 0.25) is 0 Å². The first-order chi connectivity index (χ1) is 7.18. The van der Waals surface area contributed by atoms with Crippen LogP contribution in [0.15, 0.2) is 29.3 Å². The summed E-state index contributed by atoms with van der Waals surface area (Å²) in [5.41, 5.74) is 1.04. The molecule has 80 valence electrons. The van der Waals surface area contributed by atoms with Crippen molar-refractivity contribution in [3.63, 3.8) is 0 Å². The van der Waals surface area contributed by atoms with E-state index in [4.69, 9.17) is 4.74 Å². The van der Waals surface area contributed by atoms with Gasteiger partial charge in [0, 0.05) is 0 Å². The van der Waals surface area contributed by atoms with Crippen LogP contribution in [0.1, 0.15) is 18.9 Å². The van der Waals surface area contributed by atoms with E-state index in [1.165, 1.54) is 18.5 Å². The first-order valence-electron chi connectivity index (χ1n) is 5.08. The lowest BCUT2D eigenvalue weighted by molar-refractivity contribution is 0.264. The van der Waals surface area contributed by atoms with E-state index in [1.54, 1.807) is 0 Å². The Morgan fingerprint density at radius 1 is 1.40 bits per heavy atom. The van der Waals surface area contributed by atoms with Crippen LogP contribution in [0.5, 0.6) is 0 Å². The van der Waals surface area contributed by atoms with Crippen molar-refractivity contribution in [1.82, 2.24) is 0 Å². The average molecular weight is 207 g/mol. The monoisotopic (exact) mass is 207 g/mol. The van der Waals surface area contributed by atoms with E-state index in [-0.39, 0.29) is 11.4 Å². The minimum atomic E-state index is -0.188. The number of rotatable bonds is 3. The first kappa shape index (κ1) is 10.1. The Labute approximate surface area is 88.8 Å². The predicted octanol–water partition coefficient (Wildman–Crippen LogP) is 2.58. The minimum absolute atomic E-state index is 0.103. The van der Waals surface area contributed by atoms with Gasteiger partial charge in [-0.1, -0.05) is 12.1 Å². The van der Waals surface area contributed by atoms with Crippen molar-refractivity contribution in [3.8, 4) is 0 Å². The van der Waals surface area contributed by atoms with E-state index in [0.717, 1.165) is 18.4 Å². The molecule has 1 heterocycles. The lowest BCUT2D eigenvalue weighted by Crippen LogP contribution is -2.24. The van der Waals surface area contributed by atoms with Crippen LogP contribution in [0.25, 0.3) is 0 Å². The second-order valence-corrected chi connectivity index (χ2v) is 4.17. The lowest BCUT2D eigenvalue weighted by atomic mass is 9.95. The molecule has 0 saturated carbocycles. The number of ether oxygens (including phenoxy) is 1. The van der Waals surface area contributed by atoms with Crippen molar-refractivity contribution < 1.29 is 9.13 Å². The molecule has 0 aliphatic carbocycles. The molecule has 0 fully saturated rings. The van der Waals surface area contributed by atoms with Crippen LogP contribution < -0.4 is 0 Å². The number of nitrogens with zero attached hydrogens (tertiary/aromatic N) is 1. The Morgan fingerprint density at radius 3 is 2.73 bits per heavy atom. The highest BCUT2D eigenvalue weighted by molar-refractivity contribution is 5.50. The van der Waals surface area contributed by atoms with Crippen LogP contribution in [0, 0.1) is 5.82 Å². The summed E-state index contributed by atoms with van der Waals surface area (Å²) in [5.74, 6) is -0.188. The molecule has 1 atom stereocenters. The lowest BCUT2D eigenvalue weighted by Gasteiger charge is -2.17. The summed E-state index contributed by atoms with van der Waals surface area (Å²) < 4.78 is 17.8. The van der Waals surface area contributed by atoms with Crippen molar-refractivity contribution in [2.24, 2.45) is 4.99 Å². The molecule has 1 aromatic rings. The number of hydrogen-bond acceptors (Lipinski definition) is 2. The Hall–Kier alpha value is -1.38. The van der Waals surface area contributed by atoms with Crippen LogP contribution >= 0.6 is 0 Å². The van der Waals surface area contributed by atoms with Gasteiger partial charge in [-0.2, -0.15) is 0 Å². The highest BCUT2D eigenvalue weighted by Crippen LogP contribution is 2.22. The smallest absolute Gasteiger partial charge is 0.170 e. The van der Waals surface area contributed by atoms with E-state index in [1.807, 2.05) is 12.1 Å². The third-order valence-corrected chi connectivity index (χ3v) is 2.70. The van der Waals surface area contributed by atoms with Crippen molar-refractivity contribution in [2.75, 3.05) is 6.61 Å². The van der Waals surface area contributed by atoms with Crippen LogP contribution in [-0.2, 0) is 11.2 Å². The van der Waals surface area contributed by atoms with E-state index in [9.17, 15) is 4.39 Å². The number of halogens is 1. The fourth-order valence-electron chi connectivity index (χ4n) is 1.62. The summed E-state index contributed by atoms with van der Waals surface area (Å²) >= 11 is 0. The molecule has 0 saturated heterocycles. The summed E-state index contributed by atoms with van der Waals surface area (Å²) in [5, 5.41) is 0. The highest BCUT2D eigenvalue weighted by atomic mass is 19.1. The molecule has 15 heavy (non-hydrogen) atoms. The summed E-state index contributed by atoms with van der Waals surface area (Å²) in [7, 11) is 0. The van der Waals surface area contributed by atoms with Crippen LogP contribution in [-0.4, -0.2) is 18.5 Å². The molecule has 1 aromatic carbocycles. The molecule has 0 spiro atoms. The Balaban J connectivity index is 1.93. The third-order valence-electron chi connectivity index (χ3n) is 2.70. The summed E-state index contributed by atoms with van der Waals surface area (Å²) in [6, 6.07) is 6.62. The first-order valence-corrected chi connectivity index (χ1v) is 5.08. The Kier molecular flexibility index (Phi) is 2.71. The molecule has 0 aromatic heterocycles. The second kappa shape index (κ2) is 4.01. The molecule has 1 aliphatic heterocycles. The summed E-state index contributed by atoms with van der Waals surface area (Å²) in [6.45, 7) is 2.72. The zero-order valence-corrected chi connectivity index (χ0v) is 8.74. The molecule has 0 bridgehead atoms. The van der Waals surface area contributed by atoms with Gasteiger partial charge in [-0.15, -0.1) is 0 Å². The van der Waals surface area contributed by atoms with E-state index in [0.29, 0.717) is 6.61 Å². The molecule has 3 heteroatoms. The zero-order chi connectivity index (χ0) is 10.7. The van der Waals surface area contributed by atoms with Crippen LogP contribution in [0.3, 0.4) is 0 Å². The van der Waals surface area contributed by atoms with Gasteiger partial charge in [0.25, 0.3) is 0 Å². The fourth-order valence-corrected chi connectivity index (χ4v) is 1.62. The average Bonchev–Trinajstić information content (AvgIpc) is 2.65.